The van der Waals surface area contributed by atoms with Crippen LogP contribution in [-0.4, -0.2) is 26.5 Å². The van der Waals surface area contributed by atoms with Gasteiger partial charge in [0.2, 0.25) is 0 Å². The standard InChI is InChI=1S/C14H15N3O4/c1-3-14(2,13(18)19)16-11-4-5-12(17(20)21)9-6-7-15-8-10(9)11/h4-8,16H,3H2,1-2H3,(H,18,19). The molecule has 0 amide bonds. The number of non-ortho nitro benzene ring substituents is 1. The predicted molar refractivity (Wildman–Crippen MR) is 78.4 cm³/mol. The number of nitrogens with one attached hydrogen (secondary N) is 1. The molecule has 1 aromatic heterocycles. The molecule has 7 heteroatoms. The first kappa shape index (κ1) is 14.7. The van der Waals surface area contributed by atoms with Crippen molar-refractivity contribution in [1.29, 1.82) is 0 Å². The zero-order valence-corrected chi connectivity index (χ0v) is 11.7. The second-order valence-corrected chi connectivity index (χ2v) is 4.93. The van der Waals surface area contributed by atoms with Gasteiger partial charge in [-0.25, -0.2) is 4.79 Å². The molecule has 1 aromatic carbocycles. The average Bonchev–Trinajstić information content (AvgIpc) is 2.46. The Bertz CT molecular complexity index is 716. The zero-order valence-electron chi connectivity index (χ0n) is 11.7. The monoisotopic (exact) mass is 289 g/mol. The lowest BCUT2D eigenvalue weighted by Gasteiger charge is -2.26. The lowest BCUT2D eigenvalue weighted by molar-refractivity contribution is -0.383. The molecule has 2 N–H and O–H groups in total. The molecule has 0 bridgehead atoms. The summed E-state index contributed by atoms with van der Waals surface area (Å²) in [6, 6.07) is 4.42. The molecule has 1 heterocycles. The highest BCUT2D eigenvalue weighted by Crippen LogP contribution is 2.32. The minimum atomic E-state index is -1.15. The van der Waals surface area contributed by atoms with Crippen LogP contribution in [0.4, 0.5) is 11.4 Å². The van der Waals surface area contributed by atoms with Gasteiger partial charge in [0.15, 0.2) is 0 Å². The molecule has 0 aliphatic rings. The molecule has 2 aromatic rings. The van der Waals surface area contributed by atoms with Crippen LogP contribution in [0.15, 0.2) is 30.6 Å². The molecule has 0 aliphatic carbocycles. The lowest BCUT2D eigenvalue weighted by atomic mass is 9.97. The number of nitro benzene ring substituents is 1. The number of aliphatic carboxylic acids is 1. The van der Waals surface area contributed by atoms with Crippen molar-refractivity contribution in [3.63, 3.8) is 0 Å². The highest BCUT2D eigenvalue weighted by Gasteiger charge is 2.31. The predicted octanol–water partition coefficient (Wildman–Crippen LogP) is 2.81. The Morgan fingerprint density at radius 3 is 2.71 bits per heavy atom. The summed E-state index contributed by atoms with van der Waals surface area (Å²) in [5.41, 5.74) is -0.680. The summed E-state index contributed by atoms with van der Waals surface area (Å²) >= 11 is 0. The van der Waals surface area contributed by atoms with Gasteiger partial charge in [-0.15, -0.1) is 0 Å². The number of aromatic nitrogens is 1. The summed E-state index contributed by atoms with van der Waals surface area (Å²) in [4.78, 5) is 25.9. The first-order valence-corrected chi connectivity index (χ1v) is 6.41. The molecule has 7 nitrogen and oxygen atoms in total. The Morgan fingerprint density at radius 2 is 2.14 bits per heavy atom. The fourth-order valence-electron chi connectivity index (χ4n) is 2.03. The van der Waals surface area contributed by atoms with E-state index in [2.05, 4.69) is 10.3 Å². The van der Waals surface area contributed by atoms with Gasteiger partial charge in [-0.05, 0) is 25.5 Å². The summed E-state index contributed by atoms with van der Waals surface area (Å²) in [7, 11) is 0. The van der Waals surface area contributed by atoms with Gasteiger partial charge >= 0.3 is 5.97 Å². The van der Waals surface area contributed by atoms with E-state index in [-0.39, 0.29) is 5.69 Å². The number of benzene rings is 1. The normalized spacial score (nSPS) is 13.6. The summed E-state index contributed by atoms with van der Waals surface area (Å²) in [6.45, 7) is 3.33. The molecule has 1 unspecified atom stereocenters. The molecule has 21 heavy (non-hydrogen) atoms. The van der Waals surface area contributed by atoms with E-state index >= 15 is 0 Å². The Morgan fingerprint density at radius 1 is 1.43 bits per heavy atom. The Balaban J connectivity index is 2.59. The van der Waals surface area contributed by atoms with E-state index in [1.165, 1.54) is 24.5 Å². The maximum atomic E-state index is 11.4. The number of nitrogens with zero attached hydrogens (tertiary/aromatic N) is 2. The molecule has 110 valence electrons. The smallest absolute Gasteiger partial charge is 0.329 e. The van der Waals surface area contributed by atoms with Gasteiger partial charge < -0.3 is 10.4 Å². The van der Waals surface area contributed by atoms with Crippen molar-refractivity contribution < 1.29 is 14.8 Å². The van der Waals surface area contributed by atoms with E-state index in [0.717, 1.165) is 0 Å². The van der Waals surface area contributed by atoms with Gasteiger partial charge in [-0.2, -0.15) is 0 Å². The fourth-order valence-corrected chi connectivity index (χ4v) is 2.03. The summed E-state index contributed by atoms with van der Waals surface area (Å²) < 4.78 is 0. The fraction of sp³-hybridized carbons (Fsp3) is 0.286. The van der Waals surface area contributed by atoms with E-state index in [0.29, 0.717) is 22.9 Å². The highest BCUT2D eigenvalue weighted by atomic mass is 16.6. The van der Waals surface area contributed by atoms with E-state index in [1.807, 2.05) is 0 Å². The van der Waals surface area contributed by atoms with Crippen LogP contribution >= 0.6 is 0 Å². The molecule has 0 saturated carbocycles. The van der Waals surface area contributed by atoms with E-state index < -0.39 is 16.4 Å². The average molecular weight is 289 g/mol. The number of carboxylic acid groups (broad SMARTS) is 1. The number of hydrogen-bond acceptors (Lipinski definition) is 5. The van der Waals surface area contributed by atoms with Crippen LogP contribution in [-0.2, 0) is 4.79 Å². The van der Waals surface area contributed by atoms with Crippen LogP contribution in [0.25, 0.3) is 10.8 Å². The van der Waals surface area contributed by atoms with Gasteiger partial charge in [-0.1, -0.05) is 6.92 Å². The number of anilines is 1. The first-order valence-electron chi connectivity index (χ1n) is 6.41. The second-order valence-electron chi connectivity index (χ2n) is 4.93. The van der Waals surface area contributed by atoms with Gasteiger partial charge in [0.25, 0.3) is 5.69 Å². The van der Waals surface area contributed by atoms with Crippen LogP contribution in [0.2, 0.25) is 0 Å². The third kappa shape index (κ3) is 2.62. The van der Waals surface area contributed by atoms with Crippen molar-refractivity contribution in [2.24, 2.45) is 0 Å². The molecule has 0 radical (unpaired) electrons. The number of carboxylic acids is 1. The number of nitro groups is 1. The minimum Gasteiger partial charge on any atom is -0.480 e. The SMILES string of the molecule is CCC(C)(Nc1ccc([N+](=O)[O-])c2ccncc12)C(=O)O. The molecule has 2 rings (SSSR count). The molecule has 0 fully saturated rings. The third-order valence-corrected chi connectivity index (χ3v) is 3.58. The van der Waals surface area contributed by atoms with Gasteiger partial charge in [0.05, 0.1) is 10.3 Å². The van der Waals surface area contributed by atoms with Crippen molar-refractivity contribution in [2.75, 3.05) is 5.32 Å². The van der Waals surface area contributed by atoms with Crippen LogP contribution < -0.4 is 5.32 Å². The molecule has 1 atom stereocenters. The third-order valence-electron chi connectivity index (χ3n) is 3.58. The first-order chi connectivity index (χ1) is 9.89. The minimum absolute atomic E-state index is 0.0357. The Labute approximate surface area is 120 Å². The van der Waals surface area contributed by atoms with Crippen molar-refractivity contribution in [1.82, 2.24) is 4.98 Å². The van der Waals surface area contributed by atoms with E-state index in [4.69, 9.17) is 0 Å². The van der Waals surface area contributed by atoms with Gasteiger partial charge in [0.1, 0.15) is 5.54 Å². The maximum Gasteiger partial charge on any atom is 0.329 e. The van der Waals surface area contributed by atoms with Gasteiger partial charge in [0, 0.05) is 29.5 Å². The number of rotatable bonds is 5. The topological polar surface area (TPSA) is 105 Å². The molecular formula is C14H15N3O4. The maximum absolute atomic E-state index is 11.4. The van der Waals surface area contributed by atoms with Crippen LogP contribution in [0.1, 0.15) is 20.3 Å². The van der Waals surface area contributed by atoms with E-state index in [1.54, 1.807) is 19.9 Å². The zero-order chi connectivity index (χ0) is 15.6. The number of carbonyl (C=O) groups is 1. The molecule has 0 spiro atoms. The summed E-state index contributed by atoms with van der Waals surface area (Å²) in [6.07, 6.45) is 3.32. The van der Waals surface area contributed by atoms with Crippen LogP contribution in [0, 0.1) is 10.1 Å². The largest absolute Gasteiger partial charge is 0.480 e. The molecular weight excluding hydrogens is 274 g/mol. The second kappa shape index (κ2) is 5.35. The van der Waals surface area contributed by atoms with Crippen molar-refractivity contribution in [3.8, 4) is 0 Å². The number of hydrogen-bond donors (Lipinski definition) is 2. The van der Waals surface area contributed by atoms with Crippen molar-refractivity contribution >= 4 is 28.1 Å². The van der Waals surface area contributed by atoms with Crippen LogP contribution in [0.3, 0.4) is 0 Å². The Kier molecular flexibility index (Phi) is 3.75. The number of fused-ring (bicyclic) bond motifs is 1. The molecule has 0 saturated heterocycles. The van der Waals surface area contributed by atoms with Gasteiger partial charge in [-0.3, -0.25) is 15.1 Å². The molecule has 0 aliphatic heterocycles. The Hall–Kier alpha value is -2.70. The van der Waals surface area contributed by atoms with E-state index in [9.17, 15) is 20.0 Å². The lowest BCUT2D eigenvalue weighted by Crippen LogP contribution is -2.42. The number of pyridine rings is 1. The van der Waals surface area contributed by atoms with Crippen molar-refractivity contribution in [2.45, 2.75) is 25.8 Å². The van der Waals surface area contributed by atoms with Crippen molar-refractivity contribution in [3.05, 3.63) is 40.7 Å². The quantitative estimate of drug-likeness (QED) is 0.647. The summed E-state index contributed by atoms with van der Waals surface area (Å²) in [5, 5.41) is 24.3. The van der Waals surface area contributed by atoms with Crippen LogP contribution in [0.5, 0.6) is 0 Å². The summed E-state index contributed by atoms with van der Waals surface area (Å²) in [5.74, 6) is -0.986. The highest BCUT2D eigenvalue weighted by molar-refractivity contribution is 6.00.